The van der Waals surface area contributed by atoms with Gasteiger partial charge in [-0.25, -0.2) is 17.9 Å². The number of anilines is 1. The molecule has 0 aliphatic rings. The second-order valence-corrected chi connectivity index (χ2v) is 6.52. The summed E-state index contributed by atoms with van der Waals surface area (Å²) >= 11 is 0. The maximum Gasteiger partial charge on any atom is 0.339 e. The van der Waals surface area contributed by atoms with Gasteiger partial charge in [-0.2, -0.15) is 0 Å². The summed E-state index contributed by atoms with van der Waals surface area (Å²) in [4.78, 5) is 11.5. The number of nitrogen functional groups attached to an aromatic ring is 1. The molecule has 0 saturated carbocycles. The van der Waals surface area contributed by atoms with E-state index < -0.39 is 16.0 Å². The Morgan fingerprint density at radius 2 is 1.95 bits per heavy atom. The Balaban J connectivity index is 3.12. The van der Waals surface area contributed by atoms with Crippen LogP contribution in [-0.2, 0) is 14.8 Å². The highest BCUT2D eigenvalue weighted by atomic mass is 32.2. The molecular weight excluding hydrogens is 292 g/mol. The number of hydrogen-bond acceptors (Lipinski definition) is 5. The molecule has 0 unspecified atom stereocenters. The number of sulfonamides is 1. The Morgan fingerprint density at radius 1 is 1.33 bits per heavy atom. The van der Waals surface area contributed by atoms with E-state index in [1.165, 1.54) is 25.3 Å². The van der Waals surface area contributed by atoms with Crippen LogP contribution in [0.2, 0.25) is 0 Å². The predicted molar refractivity (Wildman–Crippen MR) is 81.5 cm³/mol. The fraction of sp³-hybridized carbons (Fsp3) is 0.500. The third-order valence-electron chi connectivity index (χ3n) is 3.42. The van der Waals surface area contributed by atoms with Crippen LogP contribution in [-0.4, -0.2) is 28.0 Å². The smallest absolute Gasteiger partial charge is 0.339 e. The maximum absolute atomic E-state index is 12.4. The van der Waals surface area contributed by atoms with Gasteiger partial charge in [-0.05, 0) is 24.1 Å². The number of nitrogens with one attached hydrogen (secondary N) is 1. The zero-order valence-corrected chi connectivity index (χ0v) is 13.4. The molecule has 0 aromatic heterocycles. The Labute approximate surface area is 125 Å². The van der Waals surface area contributed by atoms with Gasteiger partial charge < -0.3 is 10.5 Å². The minimum absolute atomic E-state index is 0.0243. The van der Waals surface area contributed by atoms with Crippen LogP contribution in [0.4, 0.5) is 5.69 Å². The zero-order chi connectivity index (χ0) is 16.0. The molecule has 0 aliphatic carbocycles. The molecule has 21 heavy (non-hydrogen) atoms. The van der Waals surface area contributed by atoms with Gasteiger partial charge in [-0.3, -0.25) is 0 Å². The molecule has 1 aromatic rings. The summed E-state index contributed by atoms with van der Waals surface area (Å²) in [5, 5.41) is 0. The number of methoxy groups -OCH3 is 1. The number of benzene rings is 1. The normalized spacial score (nSPS) is 11.6. The van der Waals surface area contributed by atoms with Gasteiger partial charge in [0, 0.05) is 12.2 Å². The van der Waals surface area contributed by atoms with E-state index in [0.29, 0.717) is 6.54 Å². The Morgan fingerprint density at radius 3 is 2.48 bits per heavy atom. The van der Waals surface area contributed by atoms with Crippen LogP contribution in [0, 0.1) is 5.92 Å². The second kappa shape index (κ2) is 7.42. The van der Waals surface area contributed by atoms with E-state index in [9.17, 15) is 13.2 Å². The average Bonchev–Trinajstić information content (AvgIpc) is 2.47. The van der Waals surface area contributed by atoms with Crippen molar-refractivity contribution in [2.24, 2.45) is 5.92 Å². The number of nitrogens with two attached hydrogens (primary N) is 1. The Hall–Kier alpha value is -1.60. The predicted octanol–water partition coefficient (Wildman–Crippen LogP) is 1.77. The SMILES string of the molecule is CCC(CC)CNS(=O)(=O)c1cc(N)ccc1C(=O)OC. The van der Waals surface area contributed by atoms with E-state index >= 15 is 0 Å². The van der Waals surface area contributed by atoms with Crippen LogP contribution in [0.1, 0.15) is 37.0 Å². The average molecular weight is 314 g/mol. The van der Waals surface area contributed by atoms with E-state index in [2.05, 4.69) is 9.46 Å². The number of carbonyl (C=O) groups excluding carboxylic acids is 1. The van der Waals surface area contributed by atoms with Crippen molar-refractivity contribution in [1.82, 2.24) is 4.72 Å². The quantitative estimate of drug-likeness (QED) is 0.590. The third-order valence-corrected chi connectivity index (χ3v) is 4.88. The van der Waals surface area contributed by atoms with Crippen molar-refractivity contribution in [2.75, 3.05) is 19.4 Å². The summed E-state index contributed by atoms with van der Waals surface area (Å²) in [5.74, 6) is -0.458. The molecule has 7 heteroatoms. The van der Waals surface area contributed by atoms with Crippen LogP contribution >= 0.6 is 0 Å². The van der Waals surface area contributed by atoms with Crippen molar-refractivity contribution >= 4 is 21.7 Å². The van der Waals surface area contributed by atoms with Gasteiger partial charge in [-0.15, -0.1) is 0 Å². The maximum atomic E-state index is 12.4. The van der Waals surface area contributed by atoms with E-state index in [0.717, 1.165) is 12.8 Å². The lowest BCUT2D eigenvalue weighted by molar-refractivity contribution is 0.0596. The first-order chi connectivity index (χ1) is 9.85. The van der Waals surface area contributed by atoms with Gasteiger partial charge in [0.15, 0.2) is 0 Å². The number of carbonyl (C=O) groups is 1. The summed E-state index contributed by atoms with van der Waals surface area (Å²) in [6.07, 6.45) is 1.75. The van der Waals surface area contributed by atoms with Crippen molar-refractivity contribution < 1.29 is 17.9 Å². The van der Waals surface area contributed by atoms with Crippen LogP contribution in [0.25, 0.3) is 0 Å². The number of rotatable bonds is 7. The molecule has 0 bridgehead atoms. The molecule has 0 spiro atoms. The number of hydrogen-bond donors (Lipinski definition) is 2. The van der Waals surface area contributed by atoms with E-state index in [1.54, 1.807) is 0 Å². The van der Waals surface area contributed by atoms with Crippen LogP contribution in [0.3, 0.4) is 0 Å². The lowest BCUT2D eigenvalue weighted by Gasteiger charge is -2.15. The van der Waals surface area contributed by atoms with Crippen LogP contribution in [0.5, 0.6) is 0 Å². The topological polar surface area (TPSA) is 98.5 Å². The van der Waals surface area contributed by atoms with E-state index in [-0.39, 0.29) is 22.1 Å². The first kappa shape index (κ1) is 17.5. The molecule has 0 aliphatic heterocycles. The van der Waals surface area contributed by atoms with Crippen molar-refractivity contribution in [3.63, 3.8) is 0 Å². The lowest BCUT2D eigenvalue weighted by atomic mass is 10.0. The van der Waals surface area contributed by atoms with E-state index in [1.807, 2.05) is 13.8 Å². The monoisotopic (exact) mass is 314 g/mol. The molecule has 0 fully saturated rings. The van der Waals surface area contributed by atoms with Gasteiger partial charge in [-0.1, -0.05) is 26.7 Å². The fourth-order valence-electron chi connectivity index (χ4n) is 1.92. The molecule has 0 atom stereocenters. The van der Waals surface area contributed by atoms with Crippen molar-refractivity contribution in [2.45, 2.75) is 31.6 Å². The summed E-state index contributed by atoms with van der Waals surface area (Å²) in [6.45, 7) is 4.33. The third kappa shape index (κ3) is 4.44. The summed E-state index contributed by atoms with van der Waals surface area (Å²) in [6, 6.07) is 4.08. The van der Waals surface area contributed by atoms with Gasteiger partial charge in [0.1, 0.15) is 0 Å². The molecule has 0 saturated heterocycles. The van der Waals surface area contributed by atoms with Crippen LogP contribution in [0.15, 0.2) is 23.1 Å². The molecule has 1 rings (SSSR count). The van der Waals surface area contributed by atoms with Crippen LogP contribution < -0.4 is 10.5 Å². The first-order valence-electron chi connectivity index (χ1n) is 6.83. The molecule has 6 nitrogen and oxygen atoms in total. The number of ether oxygens (including phenoxy) is 1. The number of esters is 1. The molecular formula is C14H22N2O4S. The summed E-state index contributed by atoms with van der Waals surface area (Å²) in [5.41, 5.74) is 5.87. The minimum Gasteiger partial charge on any atom is -0.465 e. The molecule has 3 N–H and O–H groups in total. The van der Waals surface area contributed by atoms with Gasteiger partial charge in [0.25, 0.3) is 0 Å². The second-order valence-electron chi connectivity index (χ2n) is 4.78. The molecule has 118 valence electrons. The molecule has 0 heterocycles. The van der Waals surface area contributed by atoms with Gasteiger partial charge in [0.2, 0.25) is 10.0 Å². The zero-order valence-electron chi connectivity index (χ0n) is 12.5. The summed E-state index contributed by atoms with van der Waals surface area (Å²) in [7, 11) is -2.61. The fourth-order valence-corrected chi connectivity index (χ4v) is 3.27. The standard InChI is InChI=1S/C14H22N2O4S/c1-4-10(5-2)9-16-21(18,19)13-8-11(15)6-7-12(13)14(17)20-3/h6-8,10,16H,4-5,9,15H2,1-3H3. The highest BCUT2D eigenvalue weighted by Gasteiger charge is 2.23. The van der Waals surface area contributed by atoms with Gasteiger partial charge >= 0.3 is 5.97 Å². The lowest BCUT2D eigenvalue weighted by Crippen LogP contribution is -2.30. The van der Waals surface area contributed by atoms with E-state index in [4.69, 9.17) is 5.73 Å². The molecule has 1 aromatic carbocycles. The molecule has 0 radical (unpaired) electrons. The minimum atomic E-state index is -3.81. The Bertz CT molecular complexity index is 595. The largest absolute Gasteiger partial charge is 0.465 e. The van der Waals surface area contributed by atoms with Crippen molar-refractivity contribution in [1.29, 1.82) is 0 Å². The van der Waals surface area contributed by atoms with Crippen molar-refractivity contribution in [3.8, 4) is 0 Å². The Kier molecular flexibility index (Phi) is 6.17. The van der Waals surface area contributed by atoms with Crippen molar-refractivity contribution in [3.05, 3.63) is 23.8 Å². The highest BCUT2D eigenvalue weighted by molar-refractivity contribution is 7.89. The summed E-state index contributed by atoms with van der Waals surface area (Å²) < 4.78 is 31.9. The van der Waals surface area contributed by atoms with Gasteiger partial charge in [0.05, 0.1) is 17.6 Å². The molecule has 0 amide bonds. The first-order valence-corrected chi connectivity index (χ1v) is 8.31. The highest BCUT2D eigenvalue weighted by Crippen LogP contribution is 2.20.